The average Bonchev–Trinajstić information content (AvgIpc) is 2.76. The summed E-state index contributed by atoms with van der Waals surface area (Å²) in [6.45, 7) is 0. The number of carboxylic acid groups (broad SMARTS) is 1. The fourth-order valence-corrected chi connectivity index (χ4v) is 1.91. The van der Waals surface area contributed by atoms with Crippen LogP contribution in [-0.2, 0) is 0 Å². The van der Waals surface area contributed by atoms with Crippen molar-refractivity contribution in [2.45, 2.75) is 0 Å². The van der Waals surface area contributed by atoms with E-state index in [4.69, 9.17) is 32.7 Å². The largest absolute Gasteiger partial charge is 0.478 e. The van der Waals surface area contributed by atoms with Crippen LogP contribution in [0.3, 0.4) is 0 Å². The highest BCUT2D eigenvalue weighted by Gasteiger charge is 2.15. The van der Waals surface area contributed by atoms with Gasteiger partial charge in [0.2, 0.25) is 0 Å². The van der Waals surface area contributed by atoms with E-state index in [1.807, 2.05) is 0 Å². The lowest BCUT2D eigenvalue weighted by Gasteiger charge is -2.04. The molecule has 0 fully saturated rings. The Hall–Kier alpha value is -1.98. The van der Waals surface area contributed by atoms with Gasteiger partial charge in [0.05, 0.1) is 5.56 Å². The van der Waals surface area contributed by atoms with Crippen LogP contribution < -0.4 is 5.32 Å². The number of hydrogen-bond acceptors (Lipinski definition) is 3. The summed E-state index contributed by atoms with van der Waals surface area (Å²) in [4.78, 5) is 22.4. The molecule has 0 aliphatic carbocycles. The Morgan fingerprint density at radius 3 is 2.26 bits per heavy atom. The van der Waals surface area contributed by atoms with Crippen molar-refractivity contribution in [2.24, 2.45) is 0 Å². The molecule has 1 heterocycles. The maximum Gasteiger partial charge on any atom is 0.338 e. The van der Waals surface area contributed by atoms with E-state index in [2.05, 4.69) is 5.32 Å². The number of furan rings is 1. The minimum atomic E-state index is -1.17. The Morgan fingerprint density at radius 2 is 1.74 bits per heavy atom. The standard InChI is InChI=1S/C12H7Cl2NO4/c13-7-2-8(14)4-9(3-7)15-11(16)10-1-6(5-19-10)12(17)18/h1-5H,(H,15,16)(H,17,18). The zero-order valence-electron chi connectivity index (χ0n) is 9.31. The fraction of sp³-hybridized carbons (Fsp3) is 0. The summed E-state index contributed by atoms with van der Waals surface area (Å²) in [7, 11) is 0. The number of halogens is 2. The molecule has 7 heteroatoms. The minimum Gasteiger partial charge on any atom is -0.478 e. The Bertz CT molecular complexity index is 631. The number of nitrogens with one attached hydrogen (secondary N) is 1. The molecule has 0 bridgehead atoms. The predicted octanol–water partition coefficient (Wildman–Crippen LogP) is 3.54. The quantitative estimate of drug-likeness (QED) is 0.908. The molecular weight excluding hydrogens is 293 g/mol. The number of aromatic carboxylic acids is 1. The molecule has 0 spiro atoms. The molecule has 1 aromatic carbocycles. The van der Waals surface area contributed by atoms with Crippen molar-refractivity contribution in [3.05, 3.63) is 51.9 Å². The Kier molecular flexibility index (Phi) is 3.78. The van der Waals surface area contributed by atoms with Crippen molar-refractivity contribution >= 4 is 40.8 Å². The molecule has 0 atom stereocenters. The van der Waals surface area contributed by atoms with Crippen molar-refractivity contribution in [1.82, 2.24) is 0 Å². The van der Waals surface area contributed by atoms with Crippen molar-refractivity contribution in [2.75, 3.05) is 5.32 Å². The molecular formula is C12H7Cl2NO4. The molecule has 0 unspecified atom stereocenters. The van der Waals surface area contributed by atoms with E-state index in [1.165, 1.54) is 18.2 Å². The minimum absolute atomic E-state index is 0.103. The van der Waals surface area contributed by atoms with Crippen molar-refractivity contribution < 1.29 is 19.1 Å². The van der Waals surface area contributed by atoms with Gasteiger partial charge in [0.1, 0.15) is 6.26 Å². The first kappa shape index (κ1) is 13.5. The van der Waals surface area contributed by atoms with Crippen LogP contribution in [0, 0.1) is 0 Å². The molecule has 0 saturated carbocycles. The Labute approximate surface area is 117 Å². The van der Waals surface area contributed by atoms with Crippen LogP contribution in [0.1, 0.15) is 20.9 Å². The number of carbonyl (C=O) groups excluding carboxylic acids is 1. The molecule has 0 aliphatic heterocycles. The first-order valence-electron chi connectivity index (χ1n) is 5.05. The van der Waals surface area contributed by atoms with Gasteiger partial charge in [0, 0.05) is 21.8 Å². The maximum absolute atomic E-state index is 11.8. The van der Waals surface area contributed by atoms with E-state index < -0.39 is 11.9 Å². The van der Waals surface area contributed by atoms with Crippen LogP contribution in [-0.4, -0.2) is 17.0 Å². The molecule has 1 aromatic heterocycles. The number of amides is 1. The number of benzene rings is 1. The number of carbonyl (C=O) groups is 2. The van der Waals surface area contributed by atoms with E-state index >= 15 is 0 Å². The normalized spacial score (nSPS) is 10.2. The van der Waals surface area contributed by atoms with E-state index in [9.17, 15) is 9.59 Å². The van der Waals surface area contributed by atoms with Gasteiger partial charge in [0.25, 0.3) is 5.91 Å². The summed E-state index contributed by atoms with van der Waals surface area (Å²) in [6, 6.07) is 5.66. The summed E-state index contributed by atoms with van der Waals surface area (Å²) < 4.78 is 4.86. The van der Waals surface area contributed by atoms with Gasteiger partial charge < -0.3 is 14.8 Å². The Morgan fingerprint density at radius 1 is 1.11 bits per heavy atom. The lowest BCUT2D eigenvalue weighted by atomic mass is 10.3. The predicted molar refractivity (Wildman–Crippen MR) is 70.1 cm³/mol. The van der Waals surface area contributed by atoms with Crippen LogP contribution in [0.15, 0.2) is 34.9 Å². The van der Waals surface area contributed by atoms with Gasteiger partial charge in [-0.05, 0) is 18.2 Å². The van der Waals surface area contributed by atoms with Gasteiger partial charge >= 0.3 is 5.97 Å². The van der Waals surface area contributed by atoms with Crippen LogP contribution in [0.5, 0.6) is 0 Å². The van der Waals surface area contributed by atoms with E-state index in [0.29, 0.717) is 15.7 Å². The van der Waals surface area contributed by atoms with Crippen LogP contribution in [0.2, 0.25) is 10.0 Å². The third kappa shape index (κ3) is 3.27. The van der Waals surface area contributed by atoms with Crippen molar-refractivity contribution in [3.63, 3.8) is 0 Å². The molecule has 0 aliphatic rings. The van der Waals surface area contributed by atoms with Crippen LogP contribution in [0.25, 0.3) is 0 Å². The maximum atomic E-state index is 11.8. The van der Waals surface area contributed by atoms with Gasteiger partial charge in [-0.15, -0.1) is 0 Å². The van der Waals surface area contributed by atoms with Gasteiger partial charge in [-0.1, -0.05) is 23.2 Å². The lowest BCUT2D eigenvalue weighted by Crippen LogP contribution is -2.10. The first-order valence-corrected chi connectivity index (χ1v) is 5.80. The molecule has 0 saturated heterocycles. The molecule has 5 nitrogen and oxygen atoms in total. The lowest BCUT2D eigenvalue weighted by molar-refractivity contribution is 0.0696. The van der Waals surface area contributed by atoms with Crippen molar-refractivity contribution in [1.29, 1.82) is 0 Å². The molecule has 2 aromatic rings. The van der Waals surface area contributed by atoms with Crippen LogP contribution >= 0.6 is 23.2 Å². The summed E-state index contributed by atoms with van der Waals surface area (Å²) in [5.74, 6) is -1.88. The number of carboxylic acids is 1. The number of rotatable bonds is 3. The van der Waals surface area contributed by atoms with E-state index in [0.717, 1.165) is 12.3 Å². The summed E-state index contributed by atoms with van der Waals surface area (Å²) in [5, 5.41) is 12.0. The SMILES string of the molecule is O=C(O)c1coc(C(=O)Nc2cc(Cl)cc(Cl)c2)c1. The van der Waals surface area contributed by atoms with Gasteiger partial charge in [-0.25, -0.2) is 4.79 Å². The van der Waals surface area contributed by atoms with E-state index in [1.54, 1.807) is 0 Å². The fourth-order valence-electron chi connectivity index (χ4n) is 1.39. The average molecular weight is 300 g/mol. The highest BCUT2D eigenvalue weighted by Crippen LogP contribution is 2.23. The second-order valence-electron chi connectivity index (χ2n) is 3.62. The number of anilines is 1. The smallest absolute Gasteiger partial charge is 0.338 e. The second kappa shape index (κ2) is 5.34. The van der Waals surface area contributed by atoms with E-state index in [-0.39, 0.29) is 11.3 Å². The molecule has 98 valence electrons. The highest BCUT2D eigenvalue weighted by molar-refractivity contribution is 6.35. The topological polar surface area (TPSA) is 79.5 Å². The summed E-state index contributed by atoms with van der Waals surface area (Å²) >= 11 is 11.6. The third-order valence-corrected chi connectivity index (χ3v) is 2.63. The molecule has 19 heavy (non-hydrogen) atoms. The zero-order chi connectivity index (χ0) is 14.0. The molecule has 2 rings (SSSR count). The second-order valence-corrected chi connectivity index (χ2v) is 4.49. The monoisotopic (exact) mass is 299 g/mol. The highest BCUT2D eigenvalue weighted by atomic mass is 35.5. The third-order valence-electron chi connectivity index (χ3n) is 2.19. The first-order chi connectivity index (χ1) is 8.95. The molecule has 0 radical (unpaired) electrons. The molecule has 2 N–H and O–H groups in total. The number of hydrogen-bond donors (Lipinski definition) is 2. The summed E-state index contributed by atoms with van der Waals surface area (Å²) in [6.07, 6.45) is 0.988. The van der Waals surface area contributed by atoms with Gasteiger partial charge in [0.15, 0.2) is 5.76 Å². The van der Waals surface area contributed by atoms with Crippen molar-refractivity contribution in [3.8, 4) is 0 Å². The van der Waals surface area contributed by atoms with Gasteiger partial charge in [-0.3, -0.25) is 4.79 Å². The summed E-state index contributed by atoms with van der Waals surface area (Å²) in [5.41, 5.74) is 0.282. The molecule has 1 amide bonds. The van der Waals surface area contributed by atoms with Gasteiger partial charge in [-0.2, -0.15) is 0 Å². The Balaban J connectivity index is 2.18. The zero-order valence-corrected chi connectivity index (χ0v) is 10.8. The van der Waals surface area contributed by atoms with Crippen LogP contribution in [0.4, 0.5) is 5.69 Å².